The Labute approximate surface area is 150 Å². The van der Waals surface area contributed by atoms with Gasteiger partial charge in [0.1, 0.15) is 0 Å². The van der Waals surface area contributed by atoms with E-state index in [-0.39, 0.29) is 12.5 Å². The number of nitrogens with zero attached hydrogens (tertiary/aromatic N) is 2. The number of nitrogens with one attached hydrogen (secondary N) is 1. The fourth-order valence-electron chi connectivity index (χ4n) is 3.33. The van der Waals surface area contributed by atoms with E-state index in [0.717, 1.165) is 54.7 Å². The lowest BCUT2D eigenvalue weighted by atomic mass is 10.1. The minimum atomic E-state index is -0.743. The summed E-state index contributed by atoms with van der Waals surface area (Å²) in [5.74, 6) is 0.234. The molecule has 0 amide bonds. The fraction of sp³-hybridized carbons (Fsp3) is 0.368. The molecule has 26 heavy (non-hydrogen) atoms. The highest BCUT2D eigenvalue weighted by Gasteiger charge is 2.16. The van der Waals surface area contributed by atoms with Gasteiger partial charge in [-0.1, -0.05) is 12.1 Å². The largest absolute Gasteiger partial charge is 0.515 e. The van der Waals surface area contributed by atoms with Crippen molar-refractivity contribution >= 4 is 28.0 Å². The summed E-state index contributed by atoms with van der Waals surface area (Å²) >= 11 is 0. The van der Waals surface area contributed by atoms with Gasteiger partial charge >= 0.3 is 6.16 Å². The molecular formula is C19H21N3O4. The minimum Gasteiger partial charge on any atom is -0.434 e. The van der Waals surface area contributed by atoms with Gasteiger partial charge in [-0.25, -0.2) is 9.78 Å². The molecule has 0 atom stereocenters. The Morgan fingerprint density at radius 3 is 2.96 bits per heavy atom. The topological polar surface area (TPSA) is 76.7 Å². The number of H-pyrrole nitrogens is 1. The normalized spacial score (nSPS) is 15.4. The highest BCUT2D eigenvalue weighted by molar-refractivity contribution is 6.09. The molecule has 3 aromatic rings. The predicted molar refractivity (Wildman–Crippen MR) is 97.3 cm³/mol. The minimum absolute atomic E-state index is 0.234. The molecular weight excluding hydrogens is 334 g/mol. The lowest BCUT2D eigenvalue weighted by molar-refractivity contribution is 0.0344. The molecule has 136 valence electrons. The molecule has 4 rings (SSSR count). The van der Waals surface area contributed by atoms with Gasteiger partial charge < -0.3 is 19.2 Å². The number of ether oxygens (including phenoxy) is 3. The summed E-state index contributed by atoms with van der Waals surface area (Å²) in [6.07, 6.45) is 0.940. The Hall–Kier alpha value is -2.64. The van der Waals surface area contributed by atoms with E-state index in [0.29, 0.717) is 0 Å². The second kappa shape index (κ2) is 7.31. The molecule has 1 N–H and O–H groups in total. The van der Waals surface area contributed by atoms with Gasteiger partial charge in [0.15, 0.2) is 0 Å². The molecule has 0 bridgehead atoms. The van der Waals surface area contributed by atoms with E-state index in [2.05, 4.69) is 27.0 Å². The smallest absolute Gasteiger partial charge is 0.434 e. The summed E-state index contributed by atoms with van der Waals surface area (Å²) in [6.45, 7) is 6.24. The van der Waals surface area contributed by atoms with Gasteiger partial charge in [0.2, 0.25) is 5.88 Å². The monoisotopic (exact) mass is 355 g/mol. The van der Waals surface area contributed by atoms with E-state index in [9.17, 15) is 4.79 Å². The van der Waals surface area contributed by atoms with Crippen molar-refractivity contribution in [3.05, 3.63) is 36.0 Å². The van der Waals surface area contributed by atoms with E-state index >= 15 is 0 Å². The highest BCUT2D eigenvalue weighted by atomic mass is 16.7. The number of morpholine rings is 1. The first-order chi connectivity index (χ1) is 12.7. The van der Waals surface area contributed by atoms with Crippen LogP contribution >= 0.6 is 0 Å². The zero-order valence-corrected chi connectivity index (χ0v) is 14.7. The van der Waals surface area contributed by atoms with Crippen LogP contribution in [-0.4, -0.2) is 53.9 Å². The van der Waals surface area contributed by atoms with Crippen LogP contribution in [0, 0.1) is 0 Å². The molecule has 1 fully saturated rings. The third kappa shape index (κ3) is 3.36. The maximum absolute atomic E-state index is 11.6. The molecule has 0 aliphatic carbocycles. The molecule has 1 aromatic carbocycles. The molecule has 7 heteroatoms. The first-order valence-electron chi connectivity index (χ1n) is 8.78. The van der Waals surface area contributed by atoms with Crippen LogP contribution < -0.4 is 4.74 Å². The molecule has 0 unspecified atom stereocenters. The number of rotatable bonds is 4. The standard InChI is InChI=1S/C19H21N3O4/c1-2-25-19(23)26-17-10-14-16(11-20-17)21-15-5-3-4-13(18(14)15)12-22-6-8-24-9-7-22/h3-5,10-11,21H,2,6-9,12H2,1H3. The summed E-state index contributed by atoms with van der Waals surface area (Å²) in [5.41, 5.74) is 3.18. The van der Waals surface area contributed by atoms with Crippen LogP contribution in [0.2, 0.25) is 0 Å². The zero-order chi connectivity index (χ0) is 17.9. The van der Waals surface area contributed by atoms with Crippen LogP contribution in [0.25, 0.3) is 21.8 Å². The predicted octanol–water partition coefficient (Wildman–Crippen LogP) is 3.08. The Balaban J connectivity index is 1.71. The van der Waals surface area contributed by atoms with Crippen molar-refractivity contribution in [3.63, 3.8) is 0 Å². The lowest BCUT2D eigenvalue weighted by Gasteiger charge is -2.26. The number of pyridine rings is 1. The number of fused-ring (bicyclic) bond motifs is 3. The average Bonchev–Trinajstić information content (AvgIpc) is 3.02. The van der Waals surface area contributed by atoms with E-state index in [1.807, 2.05) is 6.07 Å². The molecule has 0 saturated carbocycles. The molecule has 1 aliphatic heterocycles. The Kier molecular flexibility index (Phi) is 4.73. The average molecular weight is 355 g/mol. The fourth-order valence-corrected chi connectivity index (χ4v) is 3.33. The van der Waals surface area contributed by atoms with Crippen molar-refractivity contribution in [1.29, 1.82) is 0 Å². The van der Waals surface area contributed by atoms with E-state index in [1.165, 1.54) is 5.56 Å². The van der Waals surface area contributed by atoms with Crippen LogP contribution in [0.1, 0.15) is 12.5 Å². The molecule has 1 aliphatic rings. The molecule has 2 aromatic heterocycles. The number of carbonyl (C=O) groups is 1. The maximum Gasteiger partial charge on any atom is 0.515 e. The van der Waals surface area contributed by atoms with Gasteiger partial charge in [0.05, 0.1) is 31.5 Å². The second-order valence-corrected chi connectivity index (χ2v) is 6.21. The molecule has 0 radical (unpaired) electrons. The number of carbonyl (C=O) groups excluding carboxylic acids is 1. The van der Waals surface area contributed by atoms with Crippen molar-refractivity contribution in [2.75, 3.05) is 32.9 Å². The second-order valence-electron chi connectivity index (χ2n) is 6.21. The number of aromatic nitrogens is 2. The van der Waals surface area contributed by atoms with Gasteiger partial charge in [0.25, 0.3) is 0 Å². The Bertz CT molecular complexity index is 931. The summed E-state index contributed by atoms with van der Waals surface area (Å²) in [5, 5.41) is 2.11. The van der Waals surface area contributed by atoms with Crippen molar-refractivity contribution in [2.45, 2.75) is 13.5 Å². The number of hydrogen-bond donors (Lipinski definition) is 1. The molecule has 0 spiro atoms. The van der Waals surface area contributed by atoms with Crippen LogP contribution in [-0.2, 0) is 16.0 Å². The first-order valence-corrected chi connectivity index (χ1v) is 8.78. The number of hydrogen-bond acceptors (Lipinski definition) is 6. The zero-order valence-electron chi connectivity index (χ0n) is 14.7. The van der Waals surface area contributed by atoms with Gasteiger partial charge in [-0.3, -0.25) is 4.90 Å². The van der Waals surface area contributed by atoms with Crippen molar-refractivity contribution in [3.8, 4) is 5.88 Å². The molecule has 1 saturated heterocycles. The van der Waals surface area contributed by atoms with E-state index in [1.54, 1.807) is 19.2 Å². The van der Waals surface area contributed by atoms with Gasteiger partial charge in [0, 0.05) is 42.0 Å². The van der Waals surface area contributed by atoms with Crippen LogP contribution in [0.4, 0.5) is 4.79 Å². The van der Waals surface area contributed by atoms with Gasteiger partial charge in [-0.2, -0.15) is 0 Å². The Morgan fingerprint density at radius 1 is 1.31 bits per heavy atom. The van der Waals surface area contributed by atoms with Crippen molar-refractivity contribution < 1.29 is 19.0 Å². The number of benzene rings is 1. The van der Waals surface area contributed by atoms with Crippen LogP contribution in [0.3, 0.4) is 0 Å². The summed E-state index contributed by atoms with van der Waals surface area (Å²) in [7, 11) is 0. The quantitative estimate of drug-likeness (QED) is 0.725. The van der Waals surface area contributed by atoms with Gasteiger partial charge in [-0.05, 0) is 18.6 Å². The SMILES string of the molecule is CCOC(=O)Oc1cc2c(cn1)[nH]c1cccc(CN3CCOCC3)c12. The Morgan fingerprint density at radius 2 is 2.15 bits per heavy atom. The lowest BCUT2D eigenvalue weighted by Crippen LogP contribution is -2.35. The first kappa shape index (κ1) is 16.8. The third-order valence-electron chi connectivity index (χ3n) is 4.52. The van der Waals surface area contributed by atoms with Gasteiger partial charge in [-0.15, -0.1) is 0 Å². The van der Waals surface area contributed by atoms with Crippen molar-refractivity contribution in [1.82, 2.24) is 14.9 Å². The number of aromatic amines is 1. The maximum atomic E-state index is 11.6. The summed E-state index contributed by atoms with van der Waals surface area (Å²) < 4.78 is 15.4. The van der Waals surface area contributed by atoms with Crippen LogP contribution in [0.15, 0.2) is 30.5 Å². The molecule has 7 nitrogen and oxygen atoms in total. The van der Waals surface area contributed by atoms with E-state index < -0.39 is 6.16 Å². The molecule has 3 heterocycles. The van der Waals surface area contributed by atoms with Crippen LogP contribution in [0.5, 0.6) is 5.88 Å². The highest BCUT2D eigenvalue weighted by Crippen LogP contribution is 2.31. The third-order valence-corrected chi connectivity index (χ3v) is 4.52. The van der Waals surface area contributed by atoms with Crippen molar-refractivity contribution in [2.24, 2.45) is 0 Å². The summed E-state index contributed by atoms with van der Waals surface area (Å²) in [4.78, 5) is 21.5. The summed E-state index contributed by atoms with van der Waals surface area (Å²) in [6, 6.07) is 8.02. The van der Waals surface area contributed by atoms with E-state index in [4.69, 9.17) is 14.2 Å².